The number of ether oxygens (including phenoxy) is 1. The van der Waals surface area contributed by atoms with E-state index in [1.165, 1.54) is 23.1 Å². The first-order valence-corrected chi connectivity index (χ1v) is 13.0. The lowest BCUT2D eigenvalue weighted by molar-refractivity contribution is -0.113. The zero-order valence-electron chi connectivity index (χ0n) is 18.3. The maximum Gasteiger partial charge on any atom is 0.251 e. The minimum atomic E-state index is -0.492. The van der Waals surface area contributed by atoms with Gasteiger partial charge in [0.25, 0.3) is 5.91 Å². The van der Waals surface area contributed by atoms with E-state index in [9.17, 15) is 9.59 Å². The molecule has 0 spiro atoms. The van der Waals surface area contributed by atoms with E-state index in [1.54, 1.807) is 4.57 Å². The van der Waals surface area contributed by atoms with Crippen molar-refractivity contribution in [3.05, 3.63) is 50.6 Å². The van der Waals surface area contributed by atoms with Crippen LogP contribution in [0.3, 0.4) is 0 Å². The van der Waals surface area contributed by atoms with Crippen LogP contribution >= 0.6 is 39.0 Å². The van der Waals surface area contributed by atoms with E-state index in [1.807, 2.05) is 31.3 Å². The van der Waals surface area contributed by atoms with Gasteiger partial charge in [-0.25, -0.2) is 0 Å². The maximum absolute atomic E-state index is 12.6. The van der Waals surface area contributed by atoms with Crippen molar-refractivity contribution in [2.24, 2.45) is 18.7 Å². The van der Waals surface area contributed by atoms with Gasteiger partial charge in [-0.3, -0.25) is 9.59 Å². The van der Waals surface area contributed by atoms with Crippen molar-refractivity contribution in [3.8, 4) is 5.75 Å². The molecule has 2 heterocycles. The number of carbonyl (C=O) groups excluding carboxylic acids is 2. The lowest BCUT2D eigenvalue weighted by Gasteiger charge is -2.18. The van der Waals surface area contributed by atoms with Gasteiger partial charge in [0, 0.05) is 16.4 Å². The molecule has 0 radical (unpaired) electrons. The number of hydrogen-bond acceptors (Lipinski definition) is 7. The van der Waals surface area contributed by atoms with Crippen molar-refractivity contribution >= 4 is 55.8 Å². The van der Waals surface area contributed by atoms with Gasteiger partial charge in [0.15, 0.2) is 11.0 Å². The van der Waals surface area contributed by atoms with Crippen molar-refractivity contribution in [2.45, 2.75) is 37.9 Å². The fourth-order valence-corrected chi connectivity index (χ4v) is 6.09. The average Bonchev–Trinajstić information content (AvgIpc) is 3.31. The molecule has 11 heteroatoms. The van der Waals surface area contributed by atoms with Crippen molar-refractivity contribution in [3.63, 3.8) is 0 Å². The fourth-order valence-electron chi connectivity index (χ4n) is 3.67. The SMILES string of the molecule is CC1CCc2c(sc(NC(=O)CSc3nnc(COc4ccc(Br)cc4)n3C)c2C(N)=O)C1. The van der Waals surface area contributed by atoms with E-state index in [-0.39, 0.29) is 18.3 Å². The summed E-state index contributed by atoms with van der Waals surface area (Å²) in [6.07, 6.45) is 2.75. The lowest BCUT2D eigenvalue weighted by Crippen LogP contribution is -2.20. The summed E-state index contributed by atoms with van der Waals surface area (Å²) in [5.41, 5.74) is 7.10. The number of hydrogen-bond donors (Lipinski definition) is 2. The molecular formula is C22H24BrN5O3S2. The average molecular weight is 551 g/mol. The summed E-state index contributed by atoms with van der Waals surface area (Å²) in [7, 11) is 1.83. The second-order valence-electron chi connectivity index (χ2n) is 7.96. The number of amides is 2. The Morgan fingerprint density at radius 2 is 2.09 bits per heavy atom. The van der Waals surface area contributed by atoms with E-state index in [0.717, 1.165) is 39.9 Å². The molecule has 174 valence electrons. The molecule has 2 amide bonds. The van der Waals surface area contributed by atoms with Gasteiger partial charge < -0.3 is 20.4 Å². The molecule has 1 aromatic carbocycles. The Morgan fingerprint density at radius 1 is 1.33 bits per heavy atom. The topological polar surface area (TPSA) is 112 Å². The van der Waals surface area contributed by atoms with Crippen LogP contribution < -0.4 is 15.8 Å². The molecule has 1 atom stereocenters. The van der Waals surface area contributed by atoms with E-state index in [2.05, 4.69) is 38.4 Å². The Morgan fingerprint density at radius 3 is 2.82 bits per heavy atom. The largest absolute Gasteiger partial charge is 0.486 e. The summed E-state index contributed by atoms with van der Waals surface area (Å²) in [4.78, 5) is 25.8. The minimum Gasteiger partial charge on any atom is -0.486 e. The zero-order chi connectivity index (χ0) is 23.5. The van der Waals surface area contributed by atoms with E-state index in [4.69, 9.17) is 10.5 Å². The van der Waals surface area contributed by atoms with Crippen molar-refractivity contribution in [2.75, 3.05) is 11.1 Å². The highest BCUT2D eigenvalue weighted by molar-refractivity contribution is 9.10. The van der Waals surface area contributed by atoms with Crippen LogP contribution in [0.2, 0.25) is 0 Å². The first kappa shape index (κ1) is 23.8. The normalized spacial score (nSPS) is 15.2. The van der Waals surface area contributed by atoms with E-state index in [0.29, 0.717) is 27.5 Å². The Hall–Kier alpha value is -2.37. The molecule has 1 aliphatic carbocycles. The fraction of sp³-hybridized carbons (Fsp3) is 0.364. The first-order chi connectivity index (χ1) is 15.8. The highest BCUT2D eigenvalue weighted by Gasteiger charge is 2.27. The van der Waals surface area contributed by atoms with Crippen molar-refractivity contribution in [1.29, 1.82) is 0 Å². The number of nitrogens with two attached hydrogens (primary N) is 1. The molecule has 2 aromatic heterocycles. The predicted molar refractivity (Wildman–Crippen MR) is 133 cm³/mol. The molecule has 1 aliphatic rings. The number of nitrogens with one attached hydrogen (secondary N) is 1. The van der Waals surface area contributed by atoms with Gasteiger partial charge in [-0.1, -0.05) is 34.6 Å². The highest BCUT2D eigenvalue weighted by Crippen LogP contribution is 2.39. The number of halogens is 1. The van der Waals surface area contributed by atoms with Gasteiger partial charge in [-0.2, -0.15) is 0 Å². The van der Waals surface area contributed by atoms with Crippen LogP contribution in [0, 0.1) is 5.92 Å². The van der Waals surface area contributed by atoms with Crippen molar-refractivity contribution < 1.29 is 14.3 Å². The summed E-state index contributed by atoms with van der Waals surface area (Å²) in [6.45, 7) is 2.46. The van der Waals surface area contributed by atoms with Crippen LogP contribution in [0.5, 0.6) is 5.75 Å². The maximum atomic E-state index is 12.6. The van der Waals surface area contributed by atoms with Gasteiger partial charge in [0.2, 0.25) is 5.91 Å². The predicted octanol–water partition coefficient (Wildman–Crippen LogP) is 4.17. The number of aromatic nitrogens is 3. The molecule has 4 rings (SSSR count). The molecule has 8 nitrogen and oxygen atoms in total. The third-order valence-electron chi connectivity index (χ3n) is 5.45. The van der Waals surface area contributed by atoms with Crippen LogP contribution in [-0.2, 0) is 31.3 Å². The number of primary amides is 1. The molecule has 0 saturated heterocycles. The molecule has 0 aliphatic heterocycles. The standard InChI is InChI=1S/C22H24BrN5O3S2/c1-12-3-8-15-16(9-12)33-21(19(15)20(24)30)25-18(29)11-32-22-27-26-17(28(22)2)10-31-14-6-4-13(23)5-7-14/h4-7,12H,3,8-11H2,1-2H3,(H2,24,30)(H,25,29). The quantitative estimate of drug-likeness (QED) is 0.407. The van der Waals surface area contributed by atoms with Crippen LogP contribution in [0.15, 0.2) is 33.9 Å². The Bertz CT molecular complexity index is 1180. The molecular weight excluding hydrogens is 526 g/mol. The van der Waals surface area contributed by atoms with E-state index >= 15 is 0 Å². The number of anilines is 1. The van der Waals surface area contributed by atoms with Crippen LogP contribution in [0.4, 0.5) is 5.00 Å². The summed E-state index contributed by atoms with van der Waals surface area (Å²) < 4.78 is 8.53. The number of rotatable bonds is 8. The Balaban J connectivity index is 1.36. The summed E-state index contributed by atoms with van der Waals surface area (Å²) in [5.74, 6) is 1.37. The summed E-state index contributed by atoms with van der Waals surface area (Å²) in [5, 5.41) is 12.4. The molecule has 1 unspecified atom stereocenters. The van der Waals surface area contributed by atoms with Crippen LogP contribution in [0.1, 0.15) is 40.0 Å². The molecule has 0 fully saturated rings. The number of carbonyl (C=O) groups is 2. The van der Waals surface area contributed by atoms with Crippen LogP contribution in [0.25, 0.3) is 0 Å². The monoisotopic (exact) mass is 549 g/mol. The summed E-state index contributed by atoms with van der Waals surface area (Å²) >= 11 is 6.13. The second kappa shape index (κ2) is 10.3. The van der Waals surface area contributed by atoms with Gasteiger partial charge in [-0.15, -0.1) is 21.5 Å². The molecule has 0 bridgehead atoms. The lowest BCUT2D eigenvalue weighted by atomic mass is 9.88. The third kappa shape index (κ3) is 5.59. The molecule has 0 saturated carbocycles. The number of fused-ring (bicyclic) bond motifs is 1. The van der Waals surface area contributed by atoms with Gasteiger partial charge in [0.05, 0.1) is 11.3 Å². The molecule has 33 heavy (non-hydrogen) atoms. The number of nitrogens with zero attached hydrogens (tertiary/aromatic N) is 3. The third-order valence-corrected chi connectivity index (χ3v) is 8.17. The minimum absolute atomic E-state index is 0.136. The van der Waals surface area contributed by atoms with E-state index < -0.39 is 5.91 Å². The zero-order valence-corrected chi connectivity index (χ0v) is 21.5. The molecule has 3 N–H and O–H groups in total. The Kier molecular flexibility index (Phi) is 7.40. The summed E-state index contributed by atoms with van der Waals surface area (Å²) in [6, 6.07) is 7.54. The second-order valence-corrected chi connectivity index (χ2v) is 10.9. The number of thiophene rings is 1. The van der Waals surface area contributed by atoms with Gasteiger partial charge >= 0.3 is 0 Å². The number of benzene rings is 1. The first-order valence-electron chi connectivity index (χ1n) is 10.5. The van der Waals surface area contributed by atoms with Gasteiger partial charge in [-0.05, 0) is 55.0 Å². The van der Waals surface area contributed by atoms with Crippen molar-refractivity contribution in [1.82, 2.24) is 14.8 Å². The molecule has 3 aromatic rings. The number of thioether (sulfide) groups is 1. The smallest absolute Gasteiger partial charge is 0.251 e. The highest BCUT2D eigenvalue weighted by atomic mass is 79.9. The Labute approximate surface area is 208 Å². The van der Waals surface area contributed by atoms with Gasteiger partial charge in [0.1, 0.15) is 17.4 Å². The van der Waals surface area contributed by atoms with Crippen LogP contribution in [-0.4, -0.2) is 32.3 Å².